The summed E-state index contributed by atoms with van der Waals surface area (Å²) in [7, 11) is 4.20. The molecule has 0 aliphatic carbocycles. The highest BCUT2D eigenvalue weighted by Crippen LogP contribution is 2.30. The predicted molar refractivity (Wildman–Crippen MR) is 70.4 cm³/mol. The van der Waals surface area contributed by atoms with Gasteiger partial charge in [-0.2, -0.15) is 0 Å². The number of thiophene rings is 1. The van der Waals surface area contributed by atoms with Crippen molar-refractivity contribution >= 4 is 22.9 Å². The molecule has 0 spiro atoms. The number of piperazine rings is 1. The van der Waals surface area contributed by atoms with E-state index in [0.29, 0.717) is 12.1 Å². The lowest BCUT2D eigenvalue weighted by molar-refractivity contribution is 0.163. The monoisotopic (exact) mass is 259 g/mol. The lowest BCUT2D eigenvalue weighted by atomic mass is 10.0. The van der Waals surface area contributed by atoms with Crippen LogP contribution in [0.25, 0.3) is 0 Å². The Bertz CT molecular complexity index is 342. The number of hydrogen-bond acceptors (Lipinski definition) is 4. The second kappa shape index (κ2) is 5.47. The quantitative estimate of drug-likeness (QED) is 0.863. The van der Waals surface area contributed by atoms with E-state index in [0.717, 1.165) is 24.0 Å². The highest BCUT2D eigenvalue weighted by atomic mass is 35.5. The van der Waals surface area contributed by atoms with Crippen LogP contribution < -0.4 is 10.6 Å². The smallest absolute Gasteiger partial charge is 0.0931 e. The van der Waals surface area contributed by atoms with Crippen LogP contribution in [0.5, 0.6) is 0 Å². The van der Waals surface area contributed by atoms with Crippen molar-refractivity contribution in [3.05, 3.63) is 21.3 Å². The van der Waals surface area contributed by atoms with E-state index in [1.54, 1.807) is 11.3 Å². The first kappa shape index (κ1) is 12.3. The number of nitrogens with one attached hydrogen (secondary N) is 2. The van der Waals surface area contributed by atoms with E-state index in [-0.39, 0.29) is 0 Å². The van der Waals surface area contributed by atoms with Gasteiger partial charge >= 0.3 is 0 Å². The molecule has 0 bridgehead atoms. The molecule has 1 aromatic heterocycles. The van der Waals surface area contributed by atoms with Crippen molar-refractivity contribution in [2.75, 3.05) is 33.7 Å². The third-order valence-corrected chi connectivity index (χ3v) is 4.47. The Morgan fingerprint density at radius 1 is 1.62 bits per heavy atom. The topological polar surface area (TPSA) is 27.3 Å². The summed E-state index contributed by atoms with van der Waals surface area (Å²) in [6, 6.07) is 4.95. The van der Waals surface area contributed by atoms with Crippen LogP contribution in [0.4, 0.5) is 0 Å². The maximum Gasteiger partial charge on any atom is 0.0931 e. The highest BCUT2D eigenvalue weighted by Gasteiger charge is 2.28. The van der Waals surface area contributed by atoms with Gasteiger partial charge in [-0.15, -0.1) is 11.3 Å². The molecular weight excluding hydrogens is 242 g/mol. The summed E-state index contributed by atoms with van der Waals surface area (Å²) in [6.07, 6.45) is 0. The van der Waals surface area contributed by atoms with E-state index >= 15 is 0 Å². The molecular formula is C11H18ClN3S. The molecule has 0 amide bonds. The van der Waals surface area contributed by atoms with Crippen LogP contribution in [0.1, 0.15) is 10.9 Å². The fourth-order valence-corrected chi connectivity index (χ4v) is 3.45. The van der Waals surface area contributed by atoms with Gasteiger partial charge in [0.1, 0.15) is 0 Å². The lowest BCUT2D eigenvalue weighted by Crippen LogP contribution is -2.54. The summed E-state index contributed by atoms with van der Waals surface area (Å²) in [5, 5.41) is 6.85. The van der Waals surface area contributed by atoms with Crippen LogP contribution in [0.15, 0.2) is 12.1 Å². The van der Waals surface area contributed by atoms with Crippen LogP contribution in [0.2, 0.25) is 4.34 Å². The van der Waals surface area contributed by atoms with Crippen molar-refractivity contribution in [2.45, 2.75) is 12.1 Å². The van der Waals surface area contributed by atoms with Crippen molar-refractivity contribution in [1.29, 1.82) is 0 Å². The molecule has 0 saturated carbocycles. The number of nitrogens with zero attached hydrogens (tertiary/aromatic N) is 1. The average Bonchev–Trinajstić information content (AvgIpc) is 2.69. The molecule has 90 valence electrons. The zero-order valence-corrected chi connectivity index (χ0v) is 11.2. The fourth-order valence-electron chi connectivity index (χ4n) is 2.22. The van der Waals surface area contributed by atoms with Gasteiger partial charge in [0.15, 0.2) is 0 Å². The van der Waals surface area contributed by atoms with E-state index in [4.69, 9.17) is 11.6 Å². The van der Waals surface area contributed by atoms with Crippen LogP contribution >= 0.6 is 22.9 Å². The number of likely N-dealkylation sites (N-methyl/N-ethyl adjacent to an activating group) is 2. The van der Waals surface area contributed by atoms with Crippen molar-refractivity contribution < 1.29 is 0 Å². The number of hydrogen-bond donors (Lipinski definition) is 2. The zero-order valence-electron chi connectivity index (χ0n) is 9.66. The highest BCUT2D eigenvalue weighted by molar-refractivity contribution is 7.16. The van der Waals surface area contributed by atoms with E-state index in [1.807, 2.05) is 13.1 Å². The minimum atomic E-state index is 0.357. The van der Waals surface area contributed by atoms with Gasteiger partial charge in [0, 0.05) is 30.6 Å². The zero-order chi connectivity index (χ0) is 11.5. The molecule has 2 N–H and O–H groups in total. The van der Waals surface area contributed by atoms with Crippen LogP contribution in [0, 0.1) is 0 Å². The largest absolute Gasteiger partial charge is 0.314 e. The second-order valence-corrected chi connectivity index (χ2v) is 5.91. The van der Waals surface area contributed by atoms with Gasteiger partial charge in [0.05, 0.1) is 10.4 Å². The Morgan fingerprint density at radius 2 is 2.44 bits per heavy atom. The maximum atomic E-state index is 6.00. The molecule has 2 rings (SSSR count). The van der Waals surface area contributed by atoms with Crippen LogP contribution in [-0.2, 0) is 0 Å². The van der Waals surface area contributed by atoms with Gasteiger partial charge < -0.3 is 10.6 Å². The summed E-state index contributed by atoms with van der Waals surface area (Å²) in [4.78, 5) is 3.72. The summed E-state index contributed by atoms with van der Waals surface area (Å²) >= 11 is 7.66. The third kappa shape index (κ3) is 2.57. The van der Waals surface area contributed by atoms with Crippen LogP contribution in [0.3, 0.4) is 0 Å². The first-order valence-corrected chi connectivity index (χ1v) is 6.75. The molecule has 16 heavy (non-hydrogen) atoms. The van der Waals surface area contributed by atoms with Crippen molar-refractivity contribution in [3.63, 3.8) is 0 Å². The normalized spacial score (nSPS) is 24.6. The Labute approximate surface area is 106 Å². The average molecular weight is 260 g/mol. The van der Waals surface area contributed by atoms with Gasteiger partial charge in [-0.25, -0.2) is 0 Å². The molecule has 1 fully saturated rings. The van der Waals surface area contributed by atoms with Crippen molar-refractivity contribution in [1.82, 2.24) is 15.5 Å². The lowest BCUT2D eigenvalue weighted by Gasteiger charge is -2.38. The van der Waals surface area contributed by atoms with Gasteiger partial charge in [-0.3, -0.25) is 4.90 Å². The molecule has 0 aromatic carbocycles. The minimum Gasteiger partial charge on any atom is -0.314 e. The number of rotatable bonds is 3. The van der Waals surface area contributed by atoms with Crippen molar-refractivity contribution in [3.8, 4) is 0 Å². The summed E-state index contributed by atoms with van der Waals surface area (Å²) in [6.45, 7) is 3.20. The van der Waals surface area contributed by atoms with E-state index < -0.39 is 0 Å². The van der Waals surface area contributed by atoms with E-state index in [9.17, 15) is 0 Å². The molecule has 0 radical (unpaired) electrons. The Morgan fingerprint density at radius 3 is 3.00 bits per heavy atom. The van der Waals surface area contributed by atoms with Gasteiger partial charge in [0.25, 0.3) is 0 Å². The predicted octanol–water partition coefficient (Wildman–Crippen LogP) is 1.57. The molecule has 2 atom stereocenters. The van der Waals surface area contributed by atoms with Gasteiger partial charge in [-0.1, -0.05) is 11.6 Å². The number of halogens is 1. The molecule has 5 heteroatoms. The Balaban J connectivity index is 2.14. The van der Waals surface area contributed by atoms with E-state index in [2.05, 4.69) is 28.6 Å². The molecule has 1 aliphatic rings. The minimum absolute atomic E-state index is 0.357. The van der Waals surface area contributed by atoms with Gasteiger partial charge in [-0.05, 0) is 26.2 Å². The molecule has 1 aromatic rings. The SMILES string of the molecule is CNC(c1ccc(Cl)s1)C1CNCCN1C. The first-order valence-electron chi connectivity index (χ1n) is 5.56. The molecule has 1 saturated heterocycles. The Hall–Kier alpha value is -0.130. The summed E-state index contributed by atoms with van der Waals surface area (Å²) in [5.41, 5.74) is 0. The second-order valence-electron chi connectivity index (χ2n) is 4.16. The maximum absolute atomic E-state index is 6.00. The standard InChI is InChI=1S/C11H18ClN3S/c1-13-11(9-3-4-10(12)16-9)8-7-14-5-6-15(8)2/h3-4,8,11,13-14H,5-7H2,1-2H3. The Kier molecular flexibility index (Phi) is 4.21. The van der Waals surface area contributed by atoms with Crippen molar-refractivity contribution in [2.24, 2.45) is 0 Å². The molecule has 1 aliphatic heterocycles. The van der Waals surface area contributed by atoms with E-state index in [1.165, 1.54) is 4.88 Å². The summed E-state index contributed by atoms with van der Waals surface area (Å²) < 4.78 is 0.863. The van der Waals surface area contributed by atoms with Crippen LogP contribution in [-0.4, -0.2) is 44.7 Å². The molecule has 3 nitrogen and oxygen atoms in total. The first-order chi connectivity index (χ1) is 7.72. The molecule has 2 heterocycles. The fraction of sp³-hybridized carbons (Fsp3) is 0.636. The molecule has 2 unspecified atom stereocenters. The third-order valence-electron chi connectivity index (χ3n) is 3.16. The van der Waals surface area contributed by atoms with Gasteiger partial charge in [0.2, 0.25) is 0 Å². The summed E-state index contributed by atoms with van der Waals surface area (Å²) in [5.74, 6) is 0.